The van der Waals surface area contributed by atoms with Crippen molar-refractivity contribution in [2.24, 2.45) is 0 Å². The molecule has 0 aliphatic heterocycles. The smallest absolute Gasteiger partial charge is 0.173 e. The molecular formula is C29H27ClF2N2O4S. The van der Waals surface area contributed by atoms with Crippen LogP contribution in [0, 0.1) is 11.6 Å². The fraction of sp³-hybridized carbons (Fsp3) is 0.241. The number of aromatic nitrogens is 2. The Morgan fingerprint density at radius 1 is 1.03 bits per heavy atom. The lowest BCUT2D eigenvalue weighted by atomic mass is 9.81. The molecule has 0 aliphatic rings. The van der Waals surface area contributed by atoms with Gasteiger partial charge in [-0.05, 0) is 54.1 Å². The van der Waals surface area contributed by atoms with Gasteiger partial charge in [0.2, 0.25) is 0 Å². The first-order valence-corrected chi connectivity index (χ1v) is 13.3. The average Bonchev–Trinajstić information content (AvgIpc) is 3.36. The third-order valence-electron chi connectivity index (χ3n) is 6.28. The second-order valence-electron chi connectivity index (χ2n) is 9.06. The molecule has 1 heterocycles. The van der Waals surface area contributed by atoms with Crippen molar-refractivity contribution >= 4 is 29.6 Å². The van der Waals surface area contributed by atoms with E-state index in [1.807, 2.05) is 22.8 Å². The van der Waals surface area contributed by atoms with E-state index in [1.165, 1.54) is 30.0 Å². The molecule has 0 fully saturated rings. The zero-order chi connectivity index (χ0) is 28.2. The Morgan fingerprint density at radius 2 is 1.74 bits per heavy atom. The summed E-state index contributed by atoms with van der Waals surface area (Å²) in [5.41, 5.74) is 2.16. The first kappa shape index (κ1) is 28.4. The first-order chi connectivity index (χ1) is 18.7. The van der Waals surface area contributed by atoms with Crippen molar-refractivity contribution in [1.82, 2.24) is 9.55 Å². The minimum Gasteiger partial charge on any atom is -0.493 e. The fourth-order valence-corrected chi connectivity index (χ4v) is 5.23. The number of benzene rings is 3. The standard InChI is InChI=1S/C29H27ClF2N2O4S/c1-29(2,19-5-10-24(36-3)25(15-19)37-4)26-16-33-28(34(26)21-8-6-20(31)7-9-21)39-12-11-38-27-22(30)13-18(17-35)14-23(27)32/h5-10,13-17H,11-12H2,1-4H3. The lowest BCUT2D eigenvalue weighted by Gasteiger charge is -2.28. The minimum atomic E-state index is -0.707. The predicted molar refractivity (Wildman–Crippen MR) is 148 cm³/mol. The molecule has 0 N–H and O–H groups in total. The molecule has 0 radical (unpaired) electrons. The van der Waals surface area contributed by atoms with Crippen molar-refractivity contribution in [3.8, 4) is 22.9 Å². The number of imidazole rings is 1. The van der Waals surface area contributed by atoms with E-state index in [0.717, 1.165) is 23.0 Å². The van der Waals surface area contributed by atoms with Gasteiger partial charge in [0.15, 0.2) is 28.2 Å². The van der Waals surface area contributed by atoms with E-state index < -0.39 is 11.2 Å². The van der Waals surface area contributed by atoms with Crippen molar-refractivity contribution in [2.45, 2.75) is 24.4 Å². The molecule has 3 aromatic carbocycles. The summed E-state index contributed by atoms with van der Waals surface area (Å²) in [6.45, 7) is 4.26. The second-order valence-corrected chi connectivity index (χ2v) is 10.5. The Kier molecular flexibility index (Phi) is 8.82. The second kappa shape index (κ2) is 12.1. The lowest BCUT2D eigenvalue weighted by molar-refractivity contribution is 0.112. The van der Waals surface area contributed by atoms with Crippen molar-refractivity contribution in [3.63, 3.8) is 0 Å². The van der Waals surface area contributed by atoms with Gasteiger partial charge >= 0.3 is 0 Å². The molecule has 0 unspecified atom stereocenters. The number of carbonyl (C=O) groups is 1. The van der Waals surface area contributed by atoms with Crippen LogP contribution in [0.3, 0.4) is 0 Å². The van der Waals surface area contributed by atoms with Crippen molar-refractivity contribution in [3.05, 3.63) is 94.3 Å². The van der Waals surface area contributed by atoms with Gasteiger partial charge in [0.05, 0.1) is 37.7 Å². The zero-order valence-corrected chi connectivity index (χ0v) is 23.4. The largest absolute Gasteiger partial charge is 0.493 e. The number of methoxy groups -OCH3 is 2. The summed E-state index contributed by atoms with van der Waals surface area (Å²) in [6.07, 6.45) is 2.31. The molecule has 204 valence electrons. The molecule has 10 heteroatoms. The van der Waals surface area contributed by atoms with Crippen LogP contribution in [0.5, 0.6) is 17.2 Å². The van der Waals surface area contributed by atoms with Crippen LogP contribution in [0.4, 0.5) is 8.78 Å². The van der Waals surface area contributed by atoms with Gasteiger partial charge in [0.1, 0.15) is 12.1 Å². The third kappa shape index (κ3) is 6.04. The summed E-state index contributed by atoms with van der Waals surface area (Å²) >= 11 is 7.48. The summed E-state index contributed by atoms with van der Waals surface area (Å²) in [6, 6.07) is 14.4. The quantitative estimate of drug-likeness (QED) is 0.108. The highest BCUT2D eigenvalue weighted by atomic mass is 35.5. The number of ether oxygens (including phenoxy) is 3. The number of rotatable bonds is 11. The SMILES string of the molecule is COc1ccc(C(C)(C)c2cnc(SCCOc3c(F)cc(C=O)cc3Cl)n2-c2ccc(F)cc2)cc1OC. The monoisotopic (exact) mass is 572 g/mol. The van der Waals surface area contributed by atoms with Gasteiger partial charge in [-0.3, -0.25) is 9.36 Å². The van der Waals surface area contributed by atoms with E-state index in [9.17, 15) is 13.6 Å². The maximum Gasteiger partial charge on any atom is 0.173 e. The Hall–Kier alpha value is -3.56. The summed E-state index contributed by atoms with van der Waals surface area (Å²) in [5, 5.41) is 0.672. The van der Waals surface area contributed by atoms with Gasteiger partial charge in [-0.1, -0.05) is 43.3 Å². The van der Waals surface area contributed by atoms with E-state index in [1.54, 1.807) is 32.5 Å². The molecule has 0 spiro atoms. The maximum atomic E-state index is 14.3. The number of halogens is 3. The number of thioether (sulfide) groups is 1. The highest BCUT2D eigenvalue weighted by Gasteiger charge is 2.30. The first-order valence-electron chi connectivity index (χ1n) is 12.0. The van der Waals surface area contributed by atoms with Crippen LogP contribution in [0.15, 0.2) is 66.0 Å². The zero-order valence-electron chi connectivity index (χ0n) is 21.8. The topological polar surface area (TPSA) is 62.6 Å². The molecule has 4 aromatic rings. The minimum absolute atomic E-state index is 0.0221. The summed E-state index contributed by atoms with van der Waals surface area (Å²) in [7, 11) is 3.17. The molecule has 0 saturated carbocycles. The maximum absolute atomic E-state index is 14.3. The third-order valence-corrected chi connectivity index (χ3v) is 7.48. The van der Waals surface area contributed by atoms with Gasteiger partial charge in [-0.15, -0.1) is 0 Å². The molecule has 4 rings (SSSR count). The van der Waals surface area contributed by atoms with Crippen molar-refractivity contribution < 1.29 is 27.8 Å². The molecule has 0 aliphatic carbocycles. The van der Waals surface area contributed by atoms with Gasteiger partial charge in [0.25, 0.3) is 0 Å². The number of hydrogen-bond donors (Lipinski definition) is 0. The van der Waals surface area contributed by atoms with E-state index in [4.69, 9.17) is 25.8 Å². The van der Waals surface area contributed by atoms with E-state index in [0.29, 0.717) is 28.7 Å². The van der Waals surface area contributed by atoms with Crippen LogP contribution in [-0.4, -0.2) is 42.4 Å². The fourth-order valence-electron chi connectivity index (χ4n) is 4.15. The molecule has 0 atom stereocenters. The van der Waals surface area contributed by atoms with Crippen LogP contribution < -0.4 is 14.2 Å². The molecule has 0 amide bonds. The van der Waals surface area contributed by atoms with E-state index in [-0.39, 0.29) is 28.8 Å². The molecule has 6 nitrogen and oxygen atoms in total. The summed E-state index contributed by atoms with van der Waals surface area (Å²) in [4.78, 5) is 15.6. The Balaban J connectivity index is 1.63. The van der Waals surface area contributed by atoms with Gasteiger partial charge in [0, 0.05) is 22.4 Å². The van der Waals surface area contributed by atoms with Gasteiger partial charge < -0.3 is 14.2 Å². The van der Waals surface area contributed by atoms with Crippen molar-refractivity contribution in [2.75, 3.05) is 26.6 Å². The molecule has 0 saturated heterocycles. The number of hydrogen-bond acceptors (Lipinski definition) is 6. The Bertz CT molecular complexity index is 1450. The lowest BCUT2D eigenvalue weighted by Crippen LogP contribution is -2.23. The molecule has 39 heavy (non-hydrogen) atoms. The average molecular weight is 573 g/mol. The normalized spacial score (nSPS) is 11.4. The highest BCUT2D eigenvalue weighted by molar-refractivity contribution is 7.99. The Morgan fingerprint density at radius 3 is 2.38 bits per heavy atom. The summed E-state index contributed by atoms with van der Waals surface area (Å²) < 4.78 is 46.6. The summed E-state index contributed by atoms with van der Waals surface area (Å²) in [5.74, 6) is 0.482. The van der Waals surface area contributed by atoms with E-state index >= 15 is 0 Å². The number of nitrogens with zero attached hydrogens (tertiary/aromatic N) is 2. The Labute approximate surface area is 234 Å². The number of aldehydes is 1. The molecule has 1 aromatic heterocycles. The molecule has 0 bridgehead atoms. The van der Waals surface area contributed by atoms with Crippen LogP contribution in [0.25, 0.3) is 5.69 Å². The highest BCUT2D eigenvalue weighted by Crippen LogP contribution is 2.39. The van der Waals surface area contributed by atoms with Crippen LogP contribution in [0.1, 0.15) is 35.5 Å². The van der Waals surface area contributed by atoms with E-state index in [2.05, 4.69) is 18.8 Å². The number of carbonyl (C=O) groups excluding carboxylic acids is 1. The van der Waals surface area contributed by atoms with Crippen LogP contribution in [-0.2, 0) is 5.41 Å². The van der Waals surface area contributed by atoms with Gasteiger partial charge in [-0.2, -0.15) is 0 Å². The van der Waals surface area contributed by atoms with Crippen LogP contribution in [0.2, 0.25) is 5.02 Å². The van der Waals surface area contributed by atoms with Gasteiger partial charge in [-0.25, -0.2) is 13.8 Å². The van der Waals surface area contributed by atoms with Crippen molar-refractivity contribution in [1.29, 1.82) is 0 Å². The van der Waals surface area contributed by atoms with Crippen LogP contribution >= 0.6 is 23.4 Å². The molecular weight excluding hydrogens is 546 g/mol. The predicted octanol–water partition coefficient (Wildman–Crippen LogP) is 7.13.